The van der Waals surface area contributed by atoms with Crippen molar-refractivity contribution in [2.45, 2.75) is 17.6 Å². The van der Waals surface area contributed by atoms with Crippen molar-refractivity contribution >= 4 is 21.9 Å². The molecule has 8 heteroatoms. The van der Waals surface area contributed by atoms with E-state index in [-0.39, 0.29) is 32.5 Å². The number of amides is 1. The van der Waals surface area contributed by atoms with Crippen LogP contribution in [-0.2, 0) is 19.4 Å². The molecule has 0 saturated carbocycles. The predicted molar refractivity (Wildman–Crippen MR) is 67.6 cm³/mol. The van der Waals surface area contributed by atoms with E-state index in [0.29, 0.717) is 0 Å². The molecule has 1 fully saturated rings. The number of nitrogens with zero attached hydrogens (tertiary/aromatic N) is 1. The summed E-state index contributed by atoms with van der Waals surface area (Å²) in [6.07, 6.45) is 1.47. The molecule has 0 radical (unpaired) electrons. The molecule has 1 aliphatic rings. The molecule has 19 heavy (non-hydrogen) atoms. The zero-order valence-electron chi connectivity index (χ0n) is 10.7. The first-order valence-corrected chi connectivity index (χ1v) is 7.59. The maximum Gasteiger partial charge on any atom is 0.410 e. The summed E-state index contributed by atoms with van der Waals surface area (Å²) in [5.74, 6) is -1.37. The van der Waals surface area contributed by atoms with E-state index in [0.717, 1.165) is 6.26 Å². The van der Waals surface area contributed by atoms with Crippen LogP contribution in [0, 0.1) is 0 Å². The molecule has 7 nitrogen and oxygen atoms in total. The number of aliphatic carboxylic acids is 1. The smallest absolute Gasteiger partial charge is 0.410 e. The summed E-state index contributed by atoms with van der Waals surface area (Å²) in [7, 11) is -3.75. The van der Waals surface area contributed by atoms with Crippen molar-refractivity contribution in [2.75, 3.05) is 26.0 Å². The third kappa shape index (κ3) is 3.06. The first kappa shape index (κ1) is 15.5. The molecule has 0 atom stereocenters. The number of rotatable bonds is 4. The van der Waals surface area contributed by atoms with Crippen LogP contribution in [0.3, 0.4) is 0 Å². The fraction of sp³-hybridized carbons (Fsp3) is 0.636. The fourth-order valence-corrected chi connectivity index (χ4v) is 3.26. The largest absolute Gasteiger partial charge is 0.480 e. The van der Waals surface area contributed by atoms with Gasteiger partial charge in [-0.15, -0.1) is 0 Å². The van der Waals surface area contributed by atoms with Crippen LogP contribution >= 0.6 is 0 Å². The van der Waals surface area contributed by atoms with Crippen molar-refractivity contribution < 1.29 is 27.9 Å². The Bertz CT molecular complexity index is 475. The first-order valence-electron chi connectivity index (χ1n) is 5.70. The van der Waals surface area contributed by atoms with Crippen molar-refractivity contribution in [3.8, 4) is 0 Å². The Hall–Kier alpha value is -1.57. The predicted octanol–water partition coefficient (Wildman–Crippen LogP) is 0.273. The van der Waals surface area contributed by atoms with E-state index in [2.05, 4.69) is 6.58 Å². The van der Waals surface area contributed by atoms with Gasteiger partial charge in [0.25, 0.3) is 0 Å². The van der Waals surface area contributed by atoms with Crippen LogP contribution in [0.2, 0.25) is 0 Å². The maximum atomic E-state index is 11.7. The van der Waals surface area contributed by atoms with Crippen molar-refractivity contribution in [1.82, 2.24) is 4.90 Å². The molecule has 0 spiro atoms. The SMILES string of the molecule is C=CCOC(=O)N1CCC(C(=O)O)(S(C)(=O)=O)CC1. The van der Waals surface area contributed by atoms with Gasteiger partial charge < -0.3 is 14.7 Å². The molecule has 1 amide bonds. The van der Waals surface area contributed by atoms with Gasteiger partial charge in [-0.05, 0) is 12.8 Å². The molecule has 108 valence electrons. The number of sulfone groups is 1. The van der Waals surface area contributed by atoms with Gasteiger partial charge in [0, 0.05) is 19.3 Å². The van der Waals surface area contributed by atoms with Crippen LogP contribution in [0.1, 0.15) is 12.8 Å². The van der Waals surface area contributed by atoms with Gasteiger partial charge in [0.2, 0.25) is 0 Å². The van der Waals surface area contributed by atoms with Crippen molar-refractivity contribution in [2.24, 2.45) is 0 Å². The van der Waals surface area contributed by atoms with E-state index < -0.39 is 26.6 Å². The normalized spacial score (nSPS) is 18.7. The minimum absolute atomic E-state index is 0.0370. The molecule has 0 aromatic heterocycles. The molecule has 0 unspecified atom stereocenters. The number of ether oxygens (including phenoxy) is 1. The van der Waals surface area contributed by atoms with Gasteiger partial charge >= 0.3 is 12.1 Å². The Labute approximate surface area is 111 Å². The lowest BCUT2D eigenvalue weighted by Crippen LogP contribution is -2.55. The molecule has 0 aromatic rings. The van der Waals surface area contributed by atoms with Crippen LogP contribution in [0.5, 0.6) is 0 Å². The second-order valence-corrected chi connectivity index (χ2v) is 6.75. The lowest BCUT2D eigenvalue weighted by molar-refractivity contribution is -0.141. The van der Waals surface area contributed by atoms with E-state index in [4.69, 9.17) is 9.84 Å². The molecule has 1 saturated heterocycles. The number of carbonyl (C=O) groups is 2. The zero-order valence-corrected chi connectivity index (χ0v) is 11.5. The van der Waals surface area contributed by atoms with Gasteiger partial charge in [-0.25, -0.2) is 13.2 Å². The summed E-state index contributed by atoms with van der Waals surface area (Å²) in [5.41, 5.74) is 0. The Balaban J connectivity index is 2.77. The summed E-state index contributed by atoms with van der Waals surface area (Å²) >= 11 is 0. The first-order chi connectivity index (χ1) is 8.74. The molecule has 0 aliphatic carbocycles. The number of likely N-dealkylation sites (tertiary alicyclic amines) is 1. The average molecular weight is 291 g/mol. The highest BCUT2D eigenvalue weighted by Gasteiger charge is 2.51. The quantitative estimate of drug-likeness (QED) is 0.746. The van der Waals surface area contributed by atoms with Crippen molar-refractivity contribution in [3.63, 3.8) is 0 Å². The van der Waals surface area contributed by atoms with Gasteiger partial charge in [-0.2, -0.15) is 0 Å². The van der Waals surface area contributed by atoms with Gasteiger partial charge in [0.1, 0.15) is 6.61 Å². The van der Waals surface area contributed by atoms with E-state index >= 15 is 0 Å². The summed E-state index contributed by atoms with van der Waals surface area (Å²) in [6, 6.07) is 0. The van der Waals surface area contributed by atoms with Crippen LogP contribution in [0.25, 0.3) is 0 Å². The molecule has 0 aromatic carbocycles. The van der Waals surface area contributed by atoms with Gasteiger partial charge in [-0.1, -0.05) is 12.7 Å². The van der Waals surface area contributed by atoms with E-state index in [1.807, 2.05) is 0 Å². The van der Waals surface area contributed by atoms with Crippen LogP contribution in [0.15, 0.2) is 12.7 Å². The average Bonchev–Trinajstić information content (AvgIpc) is 2.34. The molecular weight excluding hydrogens is 274 g/mol. The highest BCUT2D eigenvalue weighted by atomic mass is 32.2. The lowest BCUT2D eigenvalue weighted by atomic mass is 9.96. The number of hydrogen-bond donors (Lipinski definition) is 1. The summed E-state index contributed by atoms with van der Waals surface area (Å²) in [4.78, 5) is 24.1. The molecule has 1 N–H and O–H groups in total. The Kier molecular flexibility index (Phi) is 4.56. The number of carboxylic acid groups (broad SMARTS) is 1. The molecule has 1 rings (SSSR count). The standard InChI is InChI=1S/C11H17NO6S/c1-3-8-18-10(15)12-6-4-11(5-7-12,9(13)14)19(2,16)17/h3H,1,4-8H2,2H3,(H,13,14). The van der Waals surface area contributed by atoms with Gasteiger partial charge in [0.05, 0.1) is 0 Å². The van der Waals surface area contributed by atoms with Gasteiger partial charge in [-0.3, -0.25) is 4.79 Å². The monoisotopic (exact) mass is 291 g/mol. The minimum Gasteiger partial charge on any atom is -0.480 e. The maximum absolute atomic E-state index is 11.7. The van der Waals surface area contributed by atoms with E-state index in [1.165, 1.54) is 11.0 Å². The molecule has 1 aliphatic heterocycles. The Morgan fingerprint density at radius 1 is 1.42 bits per heavy atom. The van der Waals surface area contributed by atoms with Gasteiger partial charge in [0.15, 0.2) is 14.6 Å². The highest BCUT2D eigenvalue weighted by Crippen LogP contribution is 2.30. The number of carbonyl (C=O) groups excluding carboxylic acids is 1. The third-order valence-corrected chi connectivity index (χ3v) is 5.26. The van der Waals surface area contributed by atoms with Crippen molar-refractivity contribution in [1.29, 1.82) is 0 Å². The number of carboxylic acids is 1. The van der Waals surface area contributed by atoms with Crippen LogP contribution in [0.4, 0.5) is 4.79 Å². The highest BCUT2D eigenvalue weighted by molar-refractivity contribution is 7.92. The van der Waals surface area contributed by atoms with Crippen molar-refractivity contribution in [3.05, 3.63) is 12.7 Å². The Morgan fingerprint density at radius 2 is 1.95 bits per heavy atom. The van der Waals surface area contributed by atoms with Crippen LogP contribution in [-0.4, -0.2) is 61.2 Å². The zero-order chi connectivity index (χ0) is 14.7. The number of hydrogen-bond acceptors (Lipinski definition) is 5. The van der Waals surface area contributed by atoms with E-state index in [1.54, 1.807) is 0 Å². The molecule has 0 bridgehead atoms. The van der Waals surface area contributed by atoms with Crippen LogP contribution < -0.4 is 0 Å². The summed E-state index contributed by atoms with van der Waals surface area (Å²) in [5, 5.41) is 9.16. The fourth-order valence-electron chi connectivity index (χ4n) is 2.02. The molecule has 1 heterocycles. The summed E-state index contributed by atoms with van der Waals surface area (Å²) < 4.78 is 26.4. The topological polar surface area (TPSA) is 101 Å². The Morgan fingerprint density at radius 3 is 2.32 bits per heavy atom. The van der Waals surface area contributed by atoms with E-state index in [9.17, 15) is 18.0 Å². The third-order valence-electron chi connectivity index (χ3n) is 3.25. The summed E-state index contributed by atoms with van der Waals surface area (Å²) in [6.45, 7) is 3.54. The minimum atomic E-state index is -3.75. The number of piperidine rings is 1. The second-order valence-electron chi connectivity index (χ2n) is 4.42. The molecular formula is C11H17NO6S. The lowest BCUT2D eigenvalue weighted by Gasteiger charge is -2.36. The second kappa shape index (κ2) is 5.60.